The molecule has 13 heavy (non-hydrogen) atoms. The van der Waals surface area contributed by atoms with Crippen molar-refractivity contribution in [2.75, 3.05) is 33.9 Å². The summed E-state index contributed by atoms with van der Waals surface area (Å²) in [6.45, 7) is 5.49. The van der Waals surface area contributed by atoms with Crippen LogP contribution in [-0.2, 0) is 9.53 Å². The molecule has 0 aromatic heterocycles. The highest BCUT2D eigenvalue weighted by molar-refractivity contribution is 5.77. The molecule has 0 bridgehead atoms. The normalized spacial score (nSPS) is 10.5. The molecule has 0 aliphatic rings. The summed E-state index contributed by atoms with van der Waals surface area (Å²) in [6.07, 6.45) is 0. The van der Waals surface area contributed by atoms with Crippen LogP contribution in [0.15, 0.2) is 0 Å². The molecular weight excluding hydrogens is 168 g/mol. The summed E-state index contributed by atoms with van der Waals surface area (Å²) in [7, 11) is 3.64. The Balaban J connectivity index is 3.50. The molecule has 0 spiro atoms. The molecule has 0 heterocycles. The Hall–Kier alpha value is -0.610. The maximum absolute atomic E-state index is 11.3. The lowest BCUT2D eigenvalue weighted by Crippen LogP contribution is -2.36. The summed E-state index contributed by atoms with van der Waals surface area (Å²) in [4.78, 5) is 13.0. The maximum atomic E-state index is 11.3. The van der Waals surface area contributed by atoms with Gasteiger partial charge in [0.2, 0.25) is 5.91 Å². The summed E-state index contributed by atoms with van der Waals surface area (Å²) < 4.78 is 5.15. The second-order valence-electron chi connectivity index (χ2n) is 3.25. The van der Waals surface area contributed by atoms with Gasteiger partial charge in [-0.1, -0.05) is 0 Å². The molecule has 1 amide bonds. The zero-order chi connectivity index (χ0) is 10.3. The van der Waals surface area contributed by atoms with Gasteiger partial charge in [-0.25, -0.2) is 0 Å². The zero-order valence-corrected chi connectivity index (χ0v) is 8.96. The third-order valence-corrected chi connectivity index (χ3v) is 1.89. The Labute approximate surface area is 80.2 Å². The first-order valence-corrected chi connectivity index (χ1v) is 4.57. The monoisotopic (exact) mass is 188 g/mol. The lowest BCUT2D eigenvalue weighted by molar-refractivity contribution is -0.136. The van der Waals surface area contributed by atoms with Gasteiger partial charge in [0.05, 0.1) is 6.61 Å². The van der Waals surface area contributed by atoms with Crippen LogP contribution in [0.5, 0.6) is 0 Å². The first-order chi connectivity index (χ1) is 6.09. The molecule has 78 valence electrons. The predicted octanol–water partition coefficient (Wildman–Crippen LogP) is 0.0892. The van der Waals surface area contributed by atoms with E-state index in [2.05, 4.69) is 5.32 Å². The molecule has 0 saturated heterocycles. The van der Waals surface area contributed by atoms with Gasteiger partial charge in [-0.15, -0.1) is 0 Å². The molecule has 0 atom stereocenters. The molecule has 0 aromatic rings. The van der Waals surface area contributed by atoms with Crippen LogP contribution in [0.1, 0.15) is 13.8 Å². The largest absolute Gasteiger partial charge is 0.370 e. The number of likely N-dealkylation sites (N-methyl/N-ethyl adjacent to an activating group) is 2. The molecule has 0 fully saturated rings. The van der Waals surface area contributed by atoms with Crippen LogP contribution < -0.4 is 5.32 Å². The van der Waals surface area contributed by atoms with E-state index in [1.807, 2.05) is 20.9 Å². The molecular formula is C9H20N2O2. The van der Waals surface area contributed by atoms with E-state index in [1.165, 1.54) is 0 Å². The average molecular weight is 188 g/mol. The van der Waals surface area contributed by atoms with Crippen molar-refractivity contribution in [2.45, 2.75) is 19.9 Å². The smallest absolute Gasteiger partial charge is 0.248 e. The summed E-state index contributed by atoms with van der Waals surface area (Å²) in [5.41, 5.74) is 0. The van der Waals surface area contributed by atoms with Crippen molar-refractivity contribution in [3.8, 4) is 0 Å². The van der Waals surface area contributed by atoms with E-state index in [0.29, 0.717) is 6.61 Å². The van der Waals surface area contributed by atoms with Crippen LogP contribution in [0, 0.1) is 0 Å². The number of amides is 1. The fourth-order valence-electron chi connectivity index (χ4n) is 0.724. The molecule has 1 N–H and O–H groups in total. The molecule has 0 radical (unpaired) electrons. The van der Waals surface area contributed by atoms with Gasteiger partial charge in [-0.3, -0.25) is 4.79 Å². The van der Waals surface area contributed by atoms with Gasteiger partial charge in [-0.2, -0.15) is 0 Å². The number of carbonyl (C=O) groups is 1. The summed E-state index contributed by atoms with van der Waals surface area (Å²) >= 11 is 0. The second-order valence-corrected chi connectivity index (χ2v) is 3.25. The van der Waals surface area contributed by atoms with Crippen LogP contribution in [-0.4, -0.2) is 50.7 Å². The van der Waals surface area contributed by atoms with Crippen molar-refractivity contribution in [3.63, 3.8) is 0 Å². The number of hydrogen-bond donors (Lipinski definition) is 1. The number of carbonyl (C=O) groups excluding carboxylic acids is 1. The van der Waals surface area contributed by atoms with Crippen molar-refractivity contribution in [1.82, 2.24) is 10.2 Å². The first-order valence-electron chi connectivity index (χ1n) is 4.57. The minimum Gasteiger partial charge on any atom is -0.370 e. The van der Waals surface area contributed by atoms with E-state index >= 15 is 0 Å². The second kappa shape index (κ2) is 6.86. The lowest BCUT2D eigenvalue weighted by atomic mass is 10.3. The van der Waals surface area contributed by atoms with Crippen molar-refractivity contribution < 1.29 is 9.53 Å². The number of nitrogens with zero attached hydrogens (tertiary/aromatic N) is 1. The fraction of sp³-hybridized carbons (Fsp3) is 0.889. The summed E-state index contributed by atoms with van der Waals surface area (Å²) in [6, 6.07) is 0.236. The standard InChI is InChI=1S/C9H20N2O2/c1-8(2)11(4)9(12)7-13-6-5-10-3/h8,10H,5-7H2,1-4H3. The molecule has 4 heteroatoms. The van der Waals surface area contributed by atoms with E-state index in [9.17, 15) is 4.79 Å². The van der Waals surface area contributed by atoms with Crippen LogP contribution in [0.2, 0.25) is 0 Å². The molecule has 0 rings (SSSR count). The van der Waals surface area contributed by atoms with Gasteiger partial charge in [-0.05, 0) is 20.9 Å². The fourth-order valence-corrected chi connectivity index (χ4v) is 0.724. The highest BCUT2D eigenvalue weighted by Crippen LogP contribution is 1.94. The van der Waals surface area contributed by atoms with Gasteiger partial charge in [0, 0.05) is 19.6 Å². The Morgan fingerprint density at radius 2 is 2.15 bits per heavy atom. The van der Waals surface area contributed by atoms with Crippen LogP contribution in [0.3, 0.4) is 0 Å². The van der Waals surface area contributed by atoms with Crippen LogP contribution in [0.25, 0.3) is 0 Å². The molecule has 0 aliphatic carbocycles. The predicted molar refractivity (Wildman–Crippen MR) is 52.7 cm³/mol. The van der Waals surface area contributed by atoms with Crippen molar-refractivity contribution in [1.29, 1.82) is 0 Å². The van der Waals surface area contributed by atoms with Gasteiger partial charge in [0.25, 0.3) is 0 Å². The highest BCUT2D eigenvalue weighted by atomic mass is 16.5. The topological polar surface area (TPSA) is 41.6 Å². The van der Waals surface area contributed by atoms with Crippen LogP contribution in [0.4, 0.5) is 0 Å². The minimum atomic E-state index is 0.0334. The van der Waals surface area contributed by atoms with E-state index in [1.54, 1.807) is 11.9 Å². The molecule has 0 unspecified atom stereocenters. The highest BCUT2D eigenvalue weighted by Gasteiger charge is 2.10. The van der Waals surface area contributed by atoms with E-state index in [4.69, 9.17) is 4.74 Å². The Kier molecular flexibility index (Phi) is 6.54. The van der Waals surface area contributed by atoms with Crippen LogP contribution >= 0.6 is 0 Å². The third-order valence-electron chi connectivity index (χ3n) is 1.89. The Morgan fingerprint density at radius 3 is 2.62 bits per heavy atom. The Bertz CT molecular complexity index is 149. The SMILES string of the molecule is CNCCOCC(=O)N(C)C(C)C. The molecule has 0 aromatic carbocycles. The lowest BCUT2D eigenvalue weighted by Gasteiger charge is -2.21. The van der Waals surface area contributed by atoms with E-state index < -0.39 is 0 Å². The zero-order valence-electron chi connectivity index (χ0n) is 8.96. The number of hydrogen-bond acceptors (Lipinski definition) is 3. The van der Waals surface area contributed by atoms with Gasteiger partial charge < -0.3 is 15.0 Å². The summed E-state index contributed by atoms with van der Waals surface area (Å²) in [5.74, 6) is 0.0334. The van der Waals surface area contributed by atoms with Gasteiger partial charge in [0.1, 0.15) is 6.61 Å². The summed E-state index contributed by atoms with van der Waals surface area (Å²) in [5, 5.41) is 2.94. The maximum Gasteiger partial charge on any atom is 0.248 e. The third kappa shape index (κ3) is 5.60. The van der Waals surface area contributed by atoms with Crippen molar-refractivity contribution >= 4 is 5.91 Å². The van der Waals surface area contributed by atoms with Gasteiger partial charge >= 0.3 is 0 Å². The number of ether oxygens (including phenoxy) is 1. The average Bonchev–Trinajstić information content (AvgIpc) is 2.10. The first kappa shape index (κ1) is 12.4. The quantitative estimate of drug-likeness (QED) is 0.601. The Morgan fingerprint density at radius 1 is 1.54 bits per heavy atom. The molecule has 4 nitrogen and oxygen atoms in total. The van der Waals surface area contributed by atoms with Crippen molar-refractivity contribution in [2.24, 2.45) is 0 Å². The van der Waals surface area contributed by atoms with Gasteiger partial charge in [0.15, 0.2) is 0 Å². The van der Waals surface area contributed by atoms with E-state index in [-0.39, 0.29) is 18.6 Å². The van der Waals surface area contributed by atoms with E-state index in [0.717, 1.165) is 6.54 Å². The molecule has 0 saturated carbocycles. The van der Waals surface area contributed by atoms with Crippen molar-refractivity contribution in [3.05, 3.63) is 0 Å². The molecule has 0 aliphatic heterocycles. The minimum absolute atomic E-state index is 0.0334. The number of rotatable bonds is 6. The number of nitrogens with one attached hydrogen (secondary N) is 1.